The van der Waals surface area contributed by atoms with Crippen LogP contribution in [0, 0.1) is 0 Å². The van der Waals surface area contributed by atoms with Crippen LogP contribution in [0.5, 0.6) is 0 Å². The zero-order valence-electron chi connectivity index (χ0n) is 21.2. The van der Waals surface area contributed by atoms with Crippen molar-refractivity contribution in [1.82, 2.24) is 0 Å². The standard InChI is InChI=1S/C36H29NO/c38-33(26-28-16-6-1-7-17-28)35(34(30-20-10-3-11-21-30)31-22-12-4-13-23-31)36(32-24-14-5-15-25-32)37-27-29-18-8-2-9-19-29/h1-25H,26-27H2. The zero-order chi connectivity index (χ0) is 26.0. The number of hydrogen-bond donors (Lipinski definition) is 0. The van der Waals surface area contributed by atoms with Crippen LogP contribution in [0.2, 0.25) is 0 Å². The zero-order valence-corrected chi connectivity index (χ0v) is 21.2. The fourth-order valence-corrected chi connectivity index (χ4v) is 4.59. The maximum Gasteiger partial charge on any atom is 0.170 e. The second-order valence-electron chi connectivity index (χ2n) is 9.08. The van der Waals surface area contributed by atoms with Gasteiger partial charge >= 0.3 is 0 Å². The van der Waals surface area contributed by atoms with E-state index in [0.29, 0.717) is 17.8 Å². The summed E-state index contributed by atoms with van der Waals surface area (Å²) in [7, 11) is 0. The van der Waals surface area contributed by atoms with E-state index in [9.17, 15) is 4.79 Å². The van der Waals surface area contributed by atoms with Crippen molar-refractivity contribution in [3.63, 3.8) is 0 Å². The van der Waals surface area contributed by atoms with Crippen LogP contribution in [0.25, 0.3) is 5.57 Å². The summed E-state index contributed by atoms with van der Waals surface area (Å²) in [5, 5.41) is 0. The minimum absolute atomic E-state index is 0.0366. The quantitative estimate of drug-likeness (QED) is 0.152. The Morgan fingerprint density at radius 1 is 0.474 bits per heavy atom. The first-order valence-electron chi connectivity index (χ1n) is 12.9. The predicted octanol–water partition coefficient (Wildman–Crippen LogP) is 7.99. The monoisotopic (exact) mass is 491 g/mol. The van der Waals surface area contributed by atoms with Crippen molar-refractivity contribution in [3.8, 4) is 0 Å². The molecule has 0 unspecified atom stereocenters. The molecule has 0 atom stereocenters. The van der Waals surface area contributed by atoms with E-state index in [0.717, 1.165) is 33.4 Å². The van der Waals surface area contributed by atoms with Crippen molar-refractivity contribution in [2.75, 3.05) is 0 Å². The van der Waals surface area contributed by atoms with Gasteiger partial charge in [0.15, 0.2) is 5.78 Å². The van der Waals surface area contributed by atoms with Gasteiger partial charge in [0.25, 0.3) is 0 Å². The van der Waals surface area contributed by atoms with Crippen LogP contribution in [0.3, 0.4) is 0 Å². The third-order valence-electron chi connectivity index (χ3n) is 6.41. The molecule has 2 nitrogen and oxygen atoms in total. The maximum absolute atomic E-state index is 14.4. The smallest absolute Gasteiger partial charge is 0.170 e. The highest BCUT2D eigenvalue weighted by atomic mass is 16.1. The molecule has 5 aromatic rings. The van der Waals surface area contributed by atoms with Gasteiger partial charge in [0.1, 0.15) is 0 Å². The Morgan fingerprint density at radius 3 is 1.34 bits per heavy atom. The van der Waals surface area contributed by atoms with Gasteiger partial charge in [0.05, 0.1) is 17.8 Å². The molecule has 0 saturated heterocycles. The average molecular weight is 492 g/mol. The van der Waals surface area contributed by atoms with E-state index in [-0.39, 0.29) is 12.2 Å². The van der Waals surface area contributed by atoms with Gasteiger partial charge in [-0.2, -0.15) is 0 Å². The molecule has 0 bridgehead atoms. The van der Waals surface area contributed by atoms with E-state index in [1.54, 1.807) is 0 Å². The van der Waals surface area contributed by atoms with Crippen LogP contribution in [-0.4, -0.2) is 11.5 Å². The number of carbonyl (C=O) groups excluding carboxylic acids is 1. The molecule has 0 aromatic heterocycles. The summed E-state index contributed by atoms with van der Waals surface area (Å²) in [5.74, 6) is 0.0366. The molecule has 0 fully saturated rings. The lowest BCUT2D eigenvalue weighted by Gasteiger charge is -2.19. The molecular formula is C36H29NO. The number of allylic oxidation sites excluding steroid dienone is 1. The molecule has 2 heteroatoms. The molecule has 0 spiro atoms. The van der Waals surface area contributed by atoms with Crippen molar-refractivity contribution in [3.05, 3.63) is 185 Å². The molecule has 0 saturated carbocycles. The molecule has 184 valence electrons. The normalized spacial score (nSPS) is 11.1. The largest absolute Gasteiger partial charge is 0.294 e. The van der Waals surface area contributed by atoms with Crippen molar-refractivity contribution in [2.45, 2.75) is 13.0 Å². The summed E-state index contributed by atoms with van der Waals surface area (Å²) < 4.78 is 0. The number of nitrogens with zero attached hydrogens (tertiary/aromatic N) is 1. The summed E-state index contributed by atoms with van der Waals surface area (Å²) >= 11 is 0. The van der Waals surface area contributed by atoms with E-state index in [1.165, 1.54) is 0 Å². The second-order valence-corrected chi connectivity index (χ2v) is 9.08. The average Bonchev–Trinajstić information content (AvgIpc) is 2.99. The number of rotatable bonds is 9. The SMILES string of the molecule is O=C(Cc1ccccc1)C(C(=NCc1ccccc1)c1ccccc1)=C(c1ccccc1)c1ccccc1. The number of carbonyl (C=O) groups is 1. The van der Waals surface area contributed by atoms with Gasteiger partial charge in [-0.3, -0.25) is 9.79 Å². The number of Topliss-reactive ketones (excluding diaryl/α,β-unsaturated/α-hetero) is 1. The topological polar surface area (TPSA) is 29.4 Å². The second kappa shape index (κ2) is 12.4. The Bertz CT molecular complexity index is 1480. The third-order valence-corrected chi connectivity index (χ3v) is 6.41. The van der Waals surface area contributed by atoms with E-state index in [4.69, 9.17) is 4.99 Å². The molecule has 0 aliphatic heterocycles. The lowest BCUT2D eigenvalue weighted by molar-refractivity contribution is -0.114. The summed E-state index contributed by atoms with van der Waals surface area (Å²) in [6.07, 6.45) is 0.288. The van der Waals surface area contributed by atoms with Crippen molar-refractivity contribution >= 4 is 17.1 Å². The molecule has 0 aliphatic carbocycles. The summed E-state index contributed by atoms with van der Waals surface area (Å²) in [6.45, 7) is 0.476. The van der Waals surface area contributed by atoms with Crippen molar-refractivity contribution < 1.29 is 4.79 Å². The lowest BCUT2D eigenvalue weighted by Crippen LogP contribution is -2.19. The lowest BCUT2D eigenvalue weighted by atomic mass is 9.85. The Kier molecular flexibility index (Phi) is 8.13. The van der Waals surface area contributed by atoms with Gasteiger partial charge in [-0.15, -0.1) is 0 Å². The molecule has 5 rings (SSSR count). The first kappa shape index (κ1) is 24.9. The van der Waals surface area contributed by atoms with Crippen LogP contribution >= 0.6 is 0 Å². The highest BCUT2D eigenvalue weighted by molar-refractivity contribution is 6.33. The van der Waals surface area contributed by atoms with Crippen LogP contribution in [0.1, 0.15) is 27.8 Å². The minimum Gasteiger partial charge on any atom is -0.294 e. The maximum atomic E-state index is 14.4. The fourth-order valence-electron chi connectivity index (χ4n) is 4.59. The number of ketones is 1. The van der Waals surface area contributed by atoms with Gasteiger partial charge < -0.3 is 0 Å². The highest BCUT2D eigenvalue weighted by Gasteiger charge is 2.24. The Balaban J connectivity index is 1.78. The Labute approximate surface area is 224 Å². The number of aliphatic imine (C=N–C) groups is 1. The van der Waals surface area contributed by atoms with E-state index in [1.807, 2.05) is 115 Å². The highest BCUT2D eigenvalue weighted by Crippen LogP contribution is 2.31. The number of hydrogen-bond acceptors (Lipinski definition) is 2. The fraction of sp³-hybridized carbons (Fsp3) is 0.0556. The first-order chi connectivity index (χ1) is 18.8. The minimum atomic E-state index is 0.0366. The van der Waals surface area contributed by atoms with E-state index >= 15 is 0 Å². The molecular weight excluding hydrogens is 462 g/mol. The molecule has 5 aromatic carbocycles. The molecule has 38 heavy (non-hydrogen) atoms. The predicted molar refractivity (Wildman–Crippen MR) is 157 cm³/mol. The molecule has 0 N–H and O–H groups in total. The van der Waals surface area contributed by atoms with Gasteiger partial charge in [-0.25, -0.2) is 0 Å². The van der Waals surface area contributed by atoms with Gasteiger partial charge in [-0.05, 0) is 22.3 Å². The summed E-state index contributed by atoms with van der Waals surface area (Å²) in [6, 6.07) is 50.5. The summed E-state index contributed by atoms with van der Waals surface area (Å²) in [5.41, 5.74) is 7.19. The van der Waals surface area contributed by atoms with Crippen LogP contribution in [0.15, 0.2) is 162 Å². The Morgan fingerprint density at radius 2 is 0.868 bits per heavy atom. The van der Waals surface area contributed by atoms with E-state index < -0.39 is 0 Å². The Hall–Kier alpha value is -4.82. The van der Waals surface area contributed by atoms with Crippen molar-refractivity contribution in [1.29, 1.82) is 0 Å². The molecule has 0 aliphatic rings. The van der Waals surface area contributed by atoms with Crippen LogP contribution in [0.4, 0.5) is 0 Å². The third kappa shape index (κ3) is 6.11. The van der Waals surface area contributed by atoms with Crippen molar-refractivity contribution in [2.24, 2.45) is 4.99 Å². The summed E-state index contributed by atoms with van der Waals surface area (Å²) in [4.78, 5) is 19.5. The van der Waals surface area contributed by atoms with Gasteiger partial charge in [0.2, 0.25) is 0 Å². The first-order valence-corrected chi connectivity index (χ1v) is 12.9. The number of benzene rings is 5. The molecule has 0 heterocycles. The van der Waals surface area contributed by atoms with Gasteiger partial charge in [-0.1, -0.05) is 152 Å². The van der Waals surface area contributed by atoms with Crippen LogP contribution < -0.4 is 0 Å². The van der Waals surface area contributed by atoms with Gasteiger partial charge in [0, 0.05) is 17.6 Å². The molecule has 0 amide bonds. The van der Waals surface area contributed by atoms with E-state index in [2.05, 4.69) is 36.4 Å². The van der Waals surface area contributed by atoms with Crippen LogP contribution in [-0.2, 0) is 17.8 Å². The molecule has 0 radical (unpaired) electrons.